The van der Waals surface area contributed by atoms with Gasteiger partial charge in [0.15, 0.2) is 0 Å². The van der Waals surface area contributed by atoms with Crippen LogP contribution < -0.4 is 4.74 Å². The summed E-state index contributed by atoms with van der Waals surface area (Å²) < 4.78 is 10.8. The van der Waals surface area contributed by atoms with Crippen LogP contribution in [0.15, 0.2) is 24.3 Å². The van der Waals surface area contributed by atoms with Gasteiger partial charge in [-0.25, -0.2) is 0 Å². The molecule has 0 bridgehead atoms. The van der Waals surface area contributed by atoms with Crippen molar-refractivity contribution in [3.8, 4) is 5.75 Å². The highest BCUT2D eigenvalue weighted by atomic mass is 27.2. The van der Waals surface area contributed by atoms with E-state index in [2.05, 4.69) is 11.6 Å². The van der Waals surface area contributed by atoms with E-state index < -0.39 is 14.5 Å². The number of methoxy groups -OCH3 is 1. The second-order valence-electron chi connectivity index (χ2n) is 3.17. The van der Waals surface area contributed by atoms with Gasteiger partial charge in [-0.2, -0.15) is 0 Å². The summed E-state index contributed by atoms with van der Waals surface area (Å²) in [7, 11) is 1.69. The number of benzene rings is 1. The maximum Gasteiger partial charge on any atom is 0.454 e. The third-order valence-corrected chi connectivity index (χ3v) is 2.60. The molecule has 0 aliphatic heterocycles. The predicted octanol–water partition coefficient (Wildman–Crippen LogP) is 2.46. The molecule has 0 radical (unpaired) electrons. The first-order chi connectivity index (χ1) is 6.24. The summed E-state index contributed by atoms with van der Waals surface area (Å²) in [6.07, 6.45) is 0. The van der Waals surface area contributed by atoms with Gasteiger partial charge in [-0.05, 0) is 6.07 Å². The van der Waals surface area contributed by atoms with Crippen LogP contribution in [0, 0.1) is 0 Å². The van der Waals surface area contributed by atoms with Crippen LogP contribution in [0.1, 0.15) is 5.56 Å². The summed E-state index contributed by atoms with van der Waals surface area (Å²) in [5.74, 6) is 5.24. The molecule has 0 heterocycles. The molecule has 0 spiro atoms. The molecule has 0 saturated heterocycles. The lowest BCUT2D eigenvalue weighted by Crippen LogP contribution is -2.07. The average molecular weight is 194 g/mol. The van der Waals surface area contributed by atoms with E-state index in [0.717, 1.165) is 11.3 Å². The van der Waals surface area contributed by atoms with Crippen molar-refractivity contribution >= 4 is 14.5 Å². The molecule has 13 heavy (non-hydrogen) atoms. The first-order valence-corrected chi connectivity index (χ1v) is 7.25. The molecule has 3 heteroatoms. The normalized spacial score (nSPS) is 9.77. The fraction of sp³-hybridized carbons (Fsp3) is 0.400. The van der Waals surface area contributed by atoms with Crippen molar-refractivity contribution in [1.29, 1.82) is 0 Å². The SMILES string of the molecule is COc1ccccc1C[O][Al]([CH3])[CH3]. The van der Waals surface area contributed by atoms with E-state index in [9.17, 15) is 0 Å². The van der Waals surface area contributed by atoms with Crippen molar-refractivity contribution in [2.75, 3.05) is 7.11 Å². The van der Waals surface area contributed by atoms with Crippen LogP contribution >= 0.6 is 0 Å². The van der Waals surface area contributed by atoms with Crippen LogP contribution in [0.25, 0.3) is 0 Å². The summed E-state index contributed by atoms with van der Waals surface area (Å²) in [6.45, 7) is 0.675. The smallest absolute Gasteiger partial charge is 0.454 e. The van der Waals surface area contributed by atoms with Crippen molar-refractivity contribution in [2.45, 2.75) is 18.2 Å². The zero-order valence-electron chi connectivity index (χ0n) is 8.41. The lowest BCUT2D eigenvalue weighted by Gasteiger charge is -2.09. The van der Waals surface area contributed by atoms with Crippen LogP contribution in [0.5, 0.6) is 5.75 Å². The van der Waals surface area contributed by atoms with Gasteiger partial charge in [0.05, 0.1) is 7.11 Å². The van der Waals surface area contributed by atoms with Gasteiger partial charge < -0.3 is 8.53 Å². The third-order valence-electron chi connectivity index (χ3n) is 1.76. The van der Waals surface area contributed by atoms with Gasteiger partial charge in [-0.1, -0.05) is 29.8 Å². The minimum absolute atomic E-state index is 0.675. The molecule has 0 atom stereocenters. The molecule has 0 N–H and O–H groups in total. The Hall–Kier alpha value is -0.488. The molecule has 1 aromatic carbocycles. The summed E-state index contributed by atoms with van der Waals surface area (Å²) in [5, 5.41) is 0. The summed E-state index contributed by atoms with van der Waals surface area (Å²) in [4.78, 5) is 0. The van der Waals surface area contributed by atoms with Gasteiger partial charge in [0.1, 0.15) is 5.75 Å². The van der Waals surface area contributed by atoms with E-state index in [1.807, 2.05) is 24.3 Å². The van der Waals surface area contributed by atoms with Crippen molar-refractivity contribution < 1.29 is 8.53 Å². The van der Waals surface area contributed by atoms with E-state index in [4.69, 9.17) is 8.53 Å². The molecule has 0 saturated carbocycles. The molecule has 1 rings (SSSR count). The highest BCUT2D eigenvalue weighted by Crippen LogP contribution is 2.18. The fourth-order valence-electron chi connectivity index (χ4n) is 1.08. The molecule has 2 nitrogen and oxygen atoms in total. The van der Waals surface area contributed by atoms with Crippen molar-refractivity contribution in [3.63, 3.8) is 0 Å². The standard InChI is InChI=1S/C8H9O2.2CH3.Al/c1-10-8-5-3-2-4-7(8)6-9;;;/h2-5H,6H2,1H3;2*1H3;/q-1;;;+1. The van der Waals surface area contributed by atoms with Crippen molar-refractivity contribution in [2.24, 2.45) is 0 Å². The van der Waals surface area contributed by atoms with Crippen LogP contribution in [0.4, 0.5) is 0 Å². The first kappa shape index (κ1) is 10.6. The van der Waals surface area contributed by atoms with E-state index in [0.29, 0.717) is 6.61 Å². The lowest BCUT2D eigenvalue weighted by atomic mass is 10.2. The third kappa shape index (κ3) is 3.40. The van der Waals surface area contributed by atoms with E-state index >= 15 is 0 Å². The molecule has 0 aromatic heterocycles. The monoisotopic (exact) mass is 194 g/mol. The number of hydrogen-bond donors (Lipinski definition) is 0. The Labute approximate surface area is 84.2 Å². The largest absolute Gasteiger partial charge is 0.497 e. The van der Waals surface area contributed by atoms with Crippen molar-refractivity contribution in [1.82, 2.24) is 0 Å². The van der Waals surface area contributed by atoms with Crippen molar-refractivity contribution in [3.05, 3.63) is 29.8 Å². The van der Waals surface area contributed by atoms with E-state index in [1.54, 1.807) is 7.11 Å². The molecule has 0 fully saturated rings. The number of para-hydroxylation sites is 1. The topological polar surface area (TPSA) is 18.5 Å². The maximum atomic E-state index is 5.63. The number of rotatable bonds is 4. The van der Waals surface area contributed by atoms with Crippen LogP contribution in [-0.2, 0) is 10.4 Å². The van der Waals surface area contributed by atoms with Gasteiger partial charge in [-0.15, -0.1) is 0 Å². The minimum Gasteiger partial charge on any atom is -0.497 e. The second kappa shape index (κ2) is 5.29. The number of ether oxygens (including phenoxy) is 1. The van der Waals surface area contributed by atoms with Gasteiger partial charge in [-0.3, -0.25) is 0 Å². The van der Waals surface area contributed by atoms with E-state index in [1.165, 1.54) is 0 Å². The highest BCUT2D eigenvalue weighted by Gasteiger charge is 2.06. The molecular formula is C10H15AlO2. The molecule has 70 valence electrons. The maximum absolute atomic E-state index is 5.63. The van der Waals surface area contributed by atoms with Gasteiger partial charge >= 0.3 is 14.5 Å². The Balaban J connectivity index is 2.64. The zero-order chi connectivity index (χ0) is 9.68. The van der Waals surface area contributed by atoms with Gasteiger partial charge in [0, 0.05) is 12.2 Å². The van der Waals surface area contributed by atoms with Crippen LogP contribution in [-0.4, -0.2) is 21.6 Å². The first-order valence-electron chi connectivity index (χ1n) is 4.47. The Morgan fingerprint density at radius 3 is 2.54 bits per heavy atom. The molecule has 0 amide bonds. The van der Waals surface area contributed by atoms with E-state index in [-0.39, 0.29) is 0 Å². The lowest BCUT2D eigenvalue weighted by molar-refractivity contribution is 0.304. The fourth-order valence-corrected chi connectivity index (χ4v) is 1.59. The minimum atomic E-state index is -0.928. The predicted molar refractivity (Wildman–Crippen MR) is 55.3 cm³/mol. The summed E-state index contributed by atoms with van der Waals surface area (Å²) in [5.41, 5.74) is 1.13. The van der Waals surface area contributed by atoms with Crippen LogP contribution in [0.2, 0.25) is 11.6 Å². The molecule has 0 aliphatic rings. The van der Waals surface area contributed by atoms with Gasteiger partial charge in [0.2, 0.25) is 0 Å². The Morgan fingerprint density at radius 1 is 1.23 bits per heavy atom. The Morgan fingerprint density at radius 2 is 1.92 bits per heavy atom. The second-order valence-corrected chi connectivity index (χ2v) is 5.60. The zero-order valence-corrected chi connectivity index (χ0v) is 9.57. The molecule has 1 aromatic rings. The molecule has 0 unspecified atom stereocenters. The number of hydrogen-bond acceptors (Lipinski definition) is 2. The molecular weight excluding hydrogens is 179 g/mol. The summed E-state index contributed by atoms with van der Waals surface area (Å²) >= 11 is -0.928. The Kier molecular flexibility index (Phi) is 4.31. The average Bonchev–Trinajstić information content (AvgIpc) is 2.15. The quantitative estimate of drug-likeness (QED) is 0.685. The molecule has 0 aliphatic carbocycles. The van der Waals surface area contributed by atoms with Gasteiger partial charge in [0.25, 0.3) is 0 Å². The Bertz CT molecular complexity index is 261. The van der Waals surface area contributed by atoms with Crippen LogP contribution in [0.3, 0.4) is 0 Å². The summed E-state index contributed by atoms with van der Waals surface area (Å²) in [6, 6.07) is 7.97. The highest BCUT2D eigenvalue weighted by molar-refractivity contribution is 6.48.